The van der Waals surface area contributed by atoms with Gasteiger partial charge in [-0.3, -0.25) is 38.5 Å². The molecule has 23 heteroatoms. The van der Waals surface area contributed by atoms with E-state index in [0.717, 1.165) is 137 Å². The summed E-state index contributed by atoms with van der Waals surface area (Å²) in [6.07, 6.45) is 29.2. The van der Waals surface area contributed by atoms with Crippen molar-refractivity contribution >= 4 is 58.6 Å². The Balaban J connectivity index is 0.000000153. The number of likely N-dealkylation sites (tertiary alicyclic amines) is 1. The molecule has 1 aromatic heterocycles. The van der Waals surface area contributed by atoms with Crippen molar-refractivity contribution in [3.05, 3.63) is 105 Å². The smallest absolute Gasteiger partial charge is 0.437 e. The standard InChI is InChI=1S/C38H46O7.C27H46O2.C26H42N2O2.C18H20F3N3O4.H2/c1-23(39)43-27-13-9-25-11-15-31-35(3,29(25)21-27)17-7-19-37(31,5)33(41)45-34(42)38(6)20-8-18-36(4)30-22-28(44-24(2)40)14-10-26(30)12-16-32(36)38;1-17(2)6-11-25(29)18(3)22-9-10-23-21-8-7-19-16-20(28)12-14-26(19,4)24(21)13-15-27(22,23)5;1-16(2)28(17(3)4)24(30)21-10-9-19-18-8-11-22-26(6,15-13-23(29)27(22)7)20(18)12-14-25(19,21)5;1-2-4-11-13(6-5-12-15(11)28-23-16(12)18(19,20)21)27-10-3-9-24-14(25)7-8-22-17(24)26;/h9-10,13-14,21-22,31-32H,7-8,11-12,15-20H2,1-6H3;7,17-18,20-25,28-29H,6,8-16H2,1-5H3;11,16-21H,8-10,12-15H2,1-7H3;5-6H,2-4,7-10H2,1H3,(H,22,26);1H/t31-,32-,35-,36-,37+,38+;18-,20-,21-,22+,23-,24-,25+,26-,27+;18?,19?,20?,21-,25?,26?;;/m101../s1. The van der Waals surface area contributed by atoms with E-state index in [1.165, 1.54) is 94.2 Å². The van der Waals surface area contributed by atoms with E-state index < -0.39 is 40.7 Å². The fraction of sp³-hybridized carbons (Fsp3) is 0.716. The number of aliphatic hydroxyl groups excluding tert-OH is 2. The predicted octanol–water partition coefficient (Wildman–Crippen LogP) is 22.7. The molecule has 3 heterocycles. The van der Waals surface area contributed by atoms with Gasteiger partial charge in [-0.25, -0.2) is 4.79 Å². The van der Waals surface area contributed by atoms with E-state index >= 15 is 0 Å². The molecule has 2 saturated heterocycles. The number of alkyl halides is 3. The van der Waals surface area contributed by atoms with Crippen molar-refractivity contribution in [1.82, 2.24) is 25.2 Å². The van der Waals surface area contributed by atoms with E-state index in [4.69, 9.17) is 23.5 Å². The van der Waals surface area contributed by atoms with Crippen LogP contribution in [0.1, 0.15) is 339 Å². The summed E-state index contributed by atoms with van der Waals surface area (Å²) in [5.74, 6) is 6.67. The van der Waals surface area contributed by atoms with Crippen LogP contribution in [0.15, 0.2) is 76.5 Å². The zero-order valence-corrected chi connectivity index (χ0v) is 82.7. The molecule has 4 aromatic rings. The number of rotatable bonds is 19. The first kappa shape index (κ1) is 100. The molecule has 0 bridgehead atoms. The summed E-state index contributed by atoms with van der Waals surface area (Å²) in [5.41, 5.74) is 5.85. The second kappa shape index (κ2) is 38.9. The van der Waals surface area contributed by atoms with Crippen LogP contribution in [0.25, 0.3) is 11.0 Å². The minimum atomic E-state index is -4.60. The third kappa shape index (κ3) is 18.7. The molecule has 728 valence electrons. The maximum Gasteiger partial charge on any atom is 0.437 e. The molecule has 17 rings (SSSR count). The molecule has 0 spiro atoms. The summed E-state index contributed by atoms with van der Waals surface area (Å²) >= 11 is 0. The van der Waals surface area contributed by atoms with Gasteiger partial charge in [0.25, 0.3) is 0 Å². The maximum atomic E-state index is 14.3. The van der Waals surface area contributed by atoms with Crippen LogP contribution in [0.2, 0.25) is 0 Å². The van der Waals surface area contributed by atoms with Crippen LogP contribution in [-0.2, 0) is 74.6 Å². The Morgan fingerprint density at radius 1 is 0.636 bits per heavy atom. The molecule has 11 aliphatic carbocycles. The van der Waals surface area contributed by atoms with Crippen LogP contribution in [0, 0.1) is 104 Å². The number of amides is 5. The van der Waals surface area contributed by atoms with E-state index in [-0.39, 0.29) is 119 Å². The van der Waals surface area contributed by atoms with Crippen molar-refractivity contribution in [2.24, 2.45) is 104 Å². The molecule has 21 atom stereocenters. The monoisotopic (exact) mass is 1830 g/mol. The summed E-state index contributed by atoms with van der Waals surface area (Å²) in [4.78, 5) is 107. The minimum Gasteiger partial charge on any atom is -0.493 e. The number of nitrogens with one attached hydrogen (secondary N) is 1. The van der Waals surface area contributed by atoms with Crippen LogP contribution in [0.5, 0.6) is 17.2 Å². The topological polar surface area (TPSA) is 262 Å². The lowest BCUT2D eigenvalue weighted by Gasteiger charge is -2.58. The zero-order chi connectivity index (χ0) is 95.7. The van der Waals surface area contributed by atoms with Gasteiger partial charge in [0.15, 0.2) is 11.3 Å². The number of aliphatic hydroxyl groups is 2. The van der Waals surface area contributed by atoms with E-state index in [9.17, 15) is 61.7 Å². The van der Waals surface area contributed by atoms with Crippen LogP contribution < -0.4 is 19.5 Å². The number of hydrogen-bond acceptors (Lipinski definition) is 16. The summed E-state index contributed by atoms with van der Waals surface area (Å²) in [6.45, 7) is 39.3. The van der Waals surface area contributed by atoms with Crippen molar-refractivity contribution in [2.75, 3.05) is 26.7 Å². The second-order valence-electron chi connectivity index (χ2n) is 45.5. The lowest BCUT2D eigenvalue weighted by molar-refractivity contribution is -0.184. The summed E-state index contributed by atoms with van der Waals surface area (Å²) in [5, 5.41) is 26.8. The van der Waals surface area contributed by atoms with Gasteiger partial charge in [-0.15, -0.1) is 0 Å². The van der Waals surface area contributed by atoms with Crippen molar-refractivity contribution in [3.63, 3.8) is 0 Å². The molecule has 3 N–H and O–H groups in total. The quantitative estimate of drug-likeness (QED) is 0.0259. The van der Waals surface area contributed by atoms with Crippen molar-refractivity contribution in [2.45, 2.75) is 365 Å². The number of benzene rings is 3. The number of carbonyl (C=O) groups is 8. The first-order valence-corrected chi connectivity index (χ1v) is 50.7. The van der Waals surface area contributed by atoms with E-state index in [0.29, 0.717) is 120 Å². The molecule has 0 radical (unpaired) electrons. The summed E-state index contributed by atoms with van der Waals surface area (Å²) in [7, 11) is 1.97. The zero-order valence-electron chi connectivity index (χ0n) is 82.7. The fourth-order valence-electron chi connectivity index (χ4n) is 30.1. The van der Waals surface area contributed by atoms with E-state index in [1.807, 2.05) is 69.1 Å². The third-order valence-corrected chi connectivity index (χ3v) is 36.8. The Hall–Kier alpha value is -7.92. The number of esters is 4. The highest BCUT2D eigenvalue weighted by Gasteiger charge is 2.65. The number of piperidine rings is 1. The molecule has 7 saturated carbocycles. The molecular weight excluding hydrogens is 1680 g/mol. The van der Waals surface area contributed by atoms with Gasteiger partial charge in [-0.1, -0.05) is 124 Å². The molecular formula is C109H156F3N5O15. The Labute approximate surface area is 784 Å². The van der Waals surface area contributed by atoms with Gasteiger partial charge in [0, 0.05) is 82.9 Å². The maximum absolute atomic E-state index is 14.3. The predicted molar refractivity (Wildman–Crippen MR) is 505 cm³/mol. The Bertz CT molecular complexity index is 4900. The SMILES string of the molecule is CC(=O)Oc1ccc2c(c1)[C@@]1(C)CCC[C@](C)(C(=O)OC(=O)[C@@]3(C)CCC[C@]4(C)c5cc(OC(C)=O)ccc5CC[C@@H]34)[C@@H]1CC2.CC(C)CC[C@@H](O)[C@@H](C)[C@H]1CC[C@H]2[C@@H]3CC=C4C[C@@H](O)CC[C@]4(C)[C@H]3CC[C@]12C.CC(C)N(C(=O)[C@H]1CCC2C3CC=C4N(C)C(=O)CCC4(C)C3CCC21C)C(C)C.CCCc1c(OCCCN2C(=O)CCNC2=O)ccc2c(C(F)(F)F)noc12.[HH]. The highest BCUT2D eigenvalue weighted by atomic mass is 19.4. The van der Waals surface area contributed by atoms with Gasteiger partial charge in [0.05, 0.1) is 35.0 Å². The number of aryl methyl sites for hydroxylation is 3. The summed E-state index contributed by atoms with van der Waals surface area (Å²) < 4.78 is 66.7. The molecule has 5 amide bonds. The lowest BCUT2D eigenvalue weighted by atomic mass is 9.47. The van der Waals surface area contributed by atoms with Gasteiger partial charge in [0.2, 0.25) is 17.7 Å². The van der Waals surface area contributed by atoms with Crippen molar-refractivity contribution < 1.29 is 86.6 Å². The summed E-state index contributed by atoms with van der Waals surface area (Å²) in [6, 6.07) is 14.6. The van der Waals surface area contributed by atoms with Gasteiger partial charge >= 0.3 is 36.1 Å². The second-order valence-corrected chi connectivity index (χ2v) is 45.5. The van der Waals surface area contributed by atoms with Crippen LogP contribution in [0.4, 0.5) is 18.0 Å². The number of imide groups is 1. The average Bonchev–Trinajstić information content (AvgIpc) is 1.71. The van der Waals surface area contributed by atoms with Crippen LogP contribution in [0.3, 0.4) is 0 Å². The molecule has 132 heavy (non-hydrogen) atoms. The largest absolute Gasteiger partial charge is 0.493 e. The number of fused-ring (bicyclic) bond motifs is 17. The highest BCUT2D eigenvalue weighted by molar-refractivity contribution is 5.97. The average molecular weight is 1830 g/mol. The van der Waals surface area contributed by atoms with Crippen molar-refractivity contribution in [1.29, 1.82) is 0 Å². The van der Waals surface area contributed by atoms with E-state index in [1.54, 1.807) is 5.57 Å². The normalized spacial score (nSPS) is 34.1. The Morgan fingerprint density at radius 2 is 1.20 bits per heavy atom. The van der Waals surface area contributed by atoms with Crippen LogP contribution in [-0.4, -0.2) is 129 Å². The van der Waals surface area contributed by atoms with Crippen LogP contribution >= 0.6 is 0 Å². The van der Waals surface area contributed by atoms with Gasteiger partial charge in [0.1, 0.15) is 17.2 Å². The number of allylic oxidation sites excluding steroid dienone is 3. The van der Waals surface area contributed by atoms with Gasteiger partial charge in [-0.05, 0) is 359 Å². The number of aromatic nitrogens is 1. The van der Waals surface area contributed by atoms with E-state index in [2.05, 4.69) is 118 Å². The van der Waals surface area contributed by atoms with Gasteiger partial charge in [-0.2, -0.15) is 13.2 Å². The number of hydrogen-bond donors (Lipinski definition) is 3. The molecule has 5 unspecified atom stereocenters. The molecule has 9 fully saturated rings. The number of carbonyl (C=O) groups excluding carboxylic acids is 8. The Kier molecular flexibility index (Phi) is 29.5. The lowest BCUT2D eigenvalue weighted by Crippen LogP contribution is -2.56. The third-order valence-electron chi connectivity index (χ3n) is 36.8. The highest BCUT2D eigenvalue weighted by Crippen LogP contribution is 2.70. The molecule has 20 nitrogen and oxygen atoms in total. The molecule has 3 aromatic carbocycles. The van der Waals surface area contributed by atoms with Crippen molar-refractivity contribution in [3.8, 4) is 17.2 Å². The minimum absolute atomic E-state index is 0. The molecule has 2 aliphatic heterocycles. The number of urea groups is 1. The Morgan fingerprint density at radius 3 is 1.77 bits per heavy atom. The first-order valence-electron chi connectivity index (χ1n) is 50.7. The van der Waals surface area contributed by atoms with Gasteiger partial charge < -0.3 is 48.8 Å². The first-order chi connectivity index (χ1) is 62.2. The number of halogens is 3. The number of nitrogens with zero attached hydrogens (tertiary/aromatic N) is 4. The molecule has 13 aliphatic rings. The fourth-order valence-corrected chi connectivity index (χ4v) is 30.1. The number of ether oxygens (including phenoxy) is 4.